The molecule has 1 nitrogen and oxygen atoms in total. The van der Waals surface area contributed by atoms with E-state index in [1.165, 1.54) is 75.9 Å². The second kappa shape index (κ2) is 6.67. The van der Waals surface area contributed by atoms with E-state index >= 15 is 0 Å². The summed E-state index contributed by atoms with van der Waals surface area (Å²) in [6, 6.07) is 18.3. The van der Waals surface area contributed by atoms with Crippen molar-refractivity contribution in [1.82, 2.24) is 5.32 Å². The first-order valence-electron chi connectivity index (χ1n) is 10.7. The van der Waals surface area contributed by atoms with Crippen molar-refractivity contribution < 1.29 is 0 Å². The number of hydrogen-bond acceptors (Lipinski definition) is 1. The Bertz CT molecular complexity index is 1270. The van der Waals surface area contributed by atoms with Gasteiger partial charge in [0.15, 0.2) is 0 Å². The lowest BCUT2D eigenvalue weighted by Gasteiger charge is -2.24. The van der Waals surface area contributed by atoms with E-state index < -0.39 is 0 Å². The Balaban J connectivity index is 1.37. The van der Waals surface area contributed by atoms with Crippen LogP contribution in [0, 0.1) is 0 Å². The molecule has 0 atom stereocenters. The smallest absolute Gasteiger partial charge is 0.106 e. The Morgan fingerprint density at radius 1 is 0.793 bits per heavy atom. The fourth-order valence-corrected chi connectivity index (χ4v) is 5.47. The summed E-state index contributed by atoms with van der Waals surface area (Å²) in [5.41, 5.74) is 6.45. The molecule has 0 aromatic heterocycles. The third-order valence-corrected chi connectivity index (χ3v) is 7.04. The summed E-state index contributed by atoms with van der Waals surface area (Å²) in [7, 11) is 0. The first-order chi connectivity index (χ1) is 14.3. The summed E-state index contributed by atoms with van der Waals surface area (Å²) < 4.78 is 0. The number of nitrogens with one attached hydrogen (secondary N) is 1. The number of thiocarbonyl (C=S) groups is 1. The molecule has 0 spiro atoms. The molecule has 0 amide bonds. The zero-order valence-corrected chi connectivity index (χ0v) is 17.2. The van der Waals surface area contributed by atoms with Crippen LogP contribution in [0.2, 0.25) is 0 Å². The van der Waals surface area contributed by atoms with Crippen molar-refractivity contribution in [2.45, 2.75) is 38.1 Å². The van der Waals surface area contributed by atoms with Gasteiger partial charge in [-0.3, -0.25) is 0 Å². The van der Waals surface area contributed by atoms with Crippen molar-refractivity contribution in [3.8, 4) is 0 Å². The summed E-state index contributed by atoms with van der Waals surface area (Å²) >= 11 is 5.75. The highest BCUT2D eigenvalue weighted by atomic mass is 32.1. The van der Waals surface area contributed by atoms with Gasteiger partial charge in [-0.25, -0.2) is 0 Å². The molecule has 29 heavy (non-hydrogen) atoms. The Labute approximate surface area is 176 Å². The fourth-order valence-electron chi connectivity index (χ4n) is 5.18. The number of rotatable bonds is 2. The van der Waals surface area contributed by atoms with E-state index in [0.717, 1.165) is 10.6 Å². The van der Waals surface area contributed by atoms with Crippen LogP contribution >= 0.6 is 12.2 Å². The van der Waals surface area contributed by atoms with Crippen LogP contribution in [0.15, 0.2) is 71.8 Å². The maximum Gasteiger partial charge on any atom is 0.106 e. The summed E-state index contributed by atoms with van der Waals surface area (Å²) in [6.07, 6.45) is 13.4. The lowest BCUT2D eigenvalue weighted by atomic mass is 9.95. The average molecular weight is 394 g/mol. The van der Waals surface area contributed by atoms with Crippen LogP contribution in [0.1, 0.15) is 43.2 Å². The van der Waals surface area contributed by atoms with Crippen molar-refractivity contribution in [1.29, 1.82) is 0 Å². The molecule has 3 aromatic carbocycles. The van der Waals surface area contributed by atoms with Gasteiger partial charge in [-0.1, -0.05) is 80.0 Å². The molecule has 0 aliphatic heterocycles. The van der Waals surface area contributed by atoms with Gasteiger partial charge < -0.3 is 5.32 Å². The second-order valence-corrected chi connectivity index (χ2v) is 8.88. The largest absolute Gasteiger partial charge is 0.373 e. The second-order valence-electron chi connectivity index (χ2n) is 8.47. The zero-order valence-electron chi connectivity index (χ0n) is 16.4. The van der Waals surface area contributed by atoms with Crippen molar-refractivity contribution in [3.63, 3.8) is 0 Å². The summed E-state index contributed by atoms with van der Waals surface area (Å²) in [5.74, 6) is 0. The first-order valence-corrected chi connectivity index (χ1v) is 11.1. The predicted molar refractivity (Wildman–Crippen MR) is 128 cm³/mol. The quantitative estimate of drug-likeness (QED) is 0.373. The van der Waals surface area contributed by atoms with Crippen LogP contribution in [-0.2, 0) is 0 Å². The lowest BCUT2D eigenvalue weighted by Crippen LogP contribution is -2.35. The molecule has 0 saturated heterocycles. The highest BCUT2D eigenvalue weighted by molar-refractivity contribution is 7.80. The normalized spacial score (nSPS) is 18.3. The van der Waals surface area contributed by atoms with Gasteiger partial charge in [-0.05, 0) is 74.9 Å². The number of benzene rings is 3. The highest BCUT2D eigenvalue weighted by Gasteiger charge is 2.26. The first kappa shape index (κ1) is 17.2. The SMILES string of the molecule is S=C(NC1CCCCC1)C1=CC2=Cc3c(ccc4c3ccc3ccccc34)C2=C1. The molecule has 0 bridgehead atoms. The number of hydrogen-bond donors (Lipinski definition) is 1. The molecule has 0 radical (unpaired) electrons. The van der Waals surface area contributed by atoms with E-state index in [0.29, 0.717) is 6.04 Å². The van der Waals surface area contributed by atoms with Gasteiger partial charge in [0.1, 0.15) is 4.99 Å². The maximum absolute atomic E-state index is 5.75. The minimum atomic E-state index is 0.550. The molecule has 142 valence electrons. The van der Waals surface area contributed by atoms with E-state index in [-0.39, 0.29) is 0 Å². The molecule has 6 rings (SSSR count). The van der Waals surface area contributed by atoms with Gasteiger partial charge in [0, 0.05) is 11.6 Å². The molecule has 1 fully saturated rings. The molecule has 3 aromatic rings. The lowest BCUT2D eigenvalue weighted by molar-refractivity contribution is 0.415. The van der Waals surface area contributed by atoms with Gasteiger partial charge >= 0.3 is 0 Å². The topological polar surface area (TPSA) is 12.0 Å². The van der Waals surface area contributed by atoms with E-state index in [9.17, 15) is 0 Å². The monoisotopic (exact) mass is 393 g/mol. The molecule has 3 aliphatic rings. The summed E-state index contributed by atoms with van der Waals surface area (Å²) in [6.45, 7) is 0. The van der Waals surface area contributed by atoms with E-state index in [2.05, 4.69) is 72.1 Å². The molecule has 0 heterocycles. The summed E-state index contributed by atoms with van der Waals surface area (Å²) in [4.78, 5) is 0.910. The van der Waals surface area contributed by atoms with E-state index in [4.69, 9.17) is 12.2 Å². The molecule has 1 saturated carbocycles. The van der Waals surface area contributed by atoms with E-state index in [1.54, 1.807) is 0 Å². The van der Waals surface area contributed by atoms with Gasteiger partial charge in [0.2, 0.25) is 0 Å². The van der Waals surface area contributed by atoms with Crippen LogP contribution in [-0.4, -0.2) is 11.0 Å². The highest BCUT2D eigenvalue weighted by Crippen LogP contribution is 2.44. The Morgan fingerprint density at radius 3 is 2.52 bits per heavy atom. The average Bonchev–Trinajstić information content (AvgIpc) is 3.32. The van der Waals surface area contributed by atoms with Crippen LogP contribution < -0.4 is 5.32 Å². The van der Waals surface area contributed by atoms with Crippen LogP contribution in [0.3, 0.4) is 0 Å². The third-order valence-electron chi connectivity index (χ3n) is 6.68. The molecular weight excluding hydrogens is 370 g/mol. The number of fused-ring (bicyclic) bond motifs is 7. The van der Waals surface area contributed by atoms with Crippen molar-refractivity contribution in [2.75, 3.05) is 0 Å². The Morgan fingerprint density at radius 2 is 1.62 bits per heavy atom. The zero-order chi connectivity index (χ0) is 19.4. The van der Waals surface area contributed by atoms with Crippen LogP contribution in [0.5, 0.6) is 0 Å². The van der Waals surface area contributed by atoms with Crippen LogP contribution in [0.25, 0.3) is 33.2 Å². The van der Waals surface area contributed by atoms with Crippen LogP contribution in [0.4, 0.5) is 0 Å². The van der Waals surface area contributed by atoms with Gasteiger partial charge in [-0.15, -0.1) is 0 Å². The van der Waals surface area contributed by atoms with Gasteiger partial charge in [0.25, 0.3) is 0 Å². The van der Waals surface area contributed by atoms with Gasteiger partial charge in [-0.2, -0.15) is 0 Å². The van der Waals surface area contributed by atoms with Crippen molar-refractivity contribution in [3.05, 3.63) is 83.0 Å². The van der Waals surface area contributed by atoms with E-state index in [1.807, 2.05) is 0 Å². The predicted octanol–water partition coefficient (Wildman–Crippen LogP) is 6.96. The minimum absolute atomic E-state index is 0.550. The molecule has 2 heteroatoms. The van der Waals surface area contributed by atoms with Gasteiger partial charge in [0.05, 0.1) is 0 Å². The molecule has 3 aliphatic carbocycles. The minimum Gasteiger partial charge on any atom is -0.373 e. The van der Waals surface area contributed by atoms with Crippen molar-refractivity contribution in [2.24, 2.45) is 0 Å². The fraction of sp³-hybridized carbons (Fsp3) is 0.222. The maximum atomic E-state index is 5.75. The third kappa shape index (κ3) is 2.78. The standard InChI is InChI=1S/C27H23NS/c29-27(28-20-7-2-1-3-8-20)19-14-18-15-26-23-11-10-17-6-4-5-9-21(17)22(23)12-13-24(26)25(18)16-19/h4-6,9-16,20H,1-3,7-8H2,(H,28,29). The Hall–Kier alpha value is -2.71. The Kier molecular flexibility index (Phi) is 3.95. The molecule has 0 unspecified atom stereocenters. The molecule has 1 N–H and O–H groups in total. The molecular formula is C27H23NS. The summed E-state index contributed by atoms with van der Waals surface area (Å²) in [5, 5.41) is 8.90. The number of allylic oxidation sites excluding steroid dienone is 3. The van der Waals surface area contributed by atoms with Crippen molar-refractivity contribution >= 4 is 50.4 Å².